The first kappa shape index (κ1) is 10.8. The fourth-order valence-corrected chi connectivity index (χ4v) is 0.989. The maximum absolute atomic E-state index is 10.8. The molecule has 6 heteroatoms. The van der Waals surface area contributed by atoms with E-state index in [2.05, 4.69) is 4.89 Å². The van der Waals surface area contributed by atoms with E-state index in [0.717, 1.165) is 4.90 Å². The third kappa shape index (κ3) is 2.90. The van der Waals surface area contributed by atoms with Crippen LogP contribution in [0.25, 0.3) is 0 Å². The predicted molar refractivity (Wildman–Crippen MR) is 48.4 cm³/mol. The standard InChI is InChI=1S/C8H14N2O4/c1-9(2)4-5-10(8(11)12)7-3-6-13-14-7/h3H,4-6H2,1-2H3,(H,11,12). The van der Waals surface area contributed by atoms with Crippen molar-refractivity contribution < 1.29 is 19.7 Å². The van der Waals surface area contributed by atoms with Crippen molar-refractivity contribution in [1.29, 1.82) is 0 Å². The summed E-state index contributed by atoms with van der Waals surface area (Å²) in [6.07, 6.45) is 0.549. The molecule has 1 heterocycles. The second-order valence-corrected chi connectivity index (χ2v) is 3.15. The van der Waals surface area contributed by atoms with Crippen LogP contribution < -0.4 is 0 Å². The van der Waals surface area contributed by atoms with Gasteiger partial charge in [0.2, 0.25) is 5.88 Å². The van der Waals surface area contributed by atoms with Gasteiger partial charge in [-0.15, -0.1) is 0 Å². The lowest BCUT2D eigenvalue weighted by Crippen LogP contribution is -2.35. The van der Waals surface area contributed by atoms with Gasteiger partial charge in [0.15, 0.2) is 0 Å². The first-order chi connectivity index (χ1) is 6.61. The van der Waals surface area contributed by atoms with E-state index >= 15 is 0 Å². The Kier molecular flexibility index (Phi) is 3.73. The minimum absolute atomic E-state index is 0.249. The van der Waals surface area contributed by atoms with Crippen LogP contribution in [0, 0.1) is 0 Å². The first-order valence-electron chi connectivity index (χ1n) is 4.26. The lowest BCUT2D eigenvalue weighted by molar-refractivity contribution is -0.247. The zero-order valence-corrected chi connectivity index (χ0v) is 8.27. The van der Waals surface area contributed by atoms with Gasteiger partial charge in [-0.1, -0.05) is 0 Å². The molecule has 0 saturated carbocycles. The van der Waals surface area contributed by atoms with Crippen molar-refractivity contribution in [2.45, 2.75) is 0 Å². The highest BCUT2D eigenvalue weighted by Crippen LogP contribution is 2.12. The minimum Gasteiger partial charge on any atom is -0.465 e. The third-order valence-electron chi connectivity index (χ3n) is 1.74. The number of hydrogen-bond donors (Lipinski definition) is 1. The first-order valence-corrected chi connectivity index (χ1v) is 4.26. The molecule has 1 rings (SSSR count). The Hall–Kier alpha value is -1.27. The number of carbonyl (C=O) groups is 1. The Morgan fingerprint density at radius 2 is 2.29 bits per heavy atom. The van der Waals surface area contributed by atoms with E-state index in [1.807, 2.05) is 19.0 Å². The normalized spacial score (nSPS) is 15.2. The highest BCUT2D eigenvalue weighted by molar-refractivity contribution is 5.67. The Bertz CT molecular complexity index is 239. The van der Waals surface area contributed by atoms with Crippen LogP contribution in [0.5, 0.6) is 0 Å². The average molecular weight is 202 g/mol. The molecule has 1 amide bonds. The van der Waals surface area contributed by atoms with Gasteiger partial charge in [0.25, 0.3) is 0 Å². The molecule has 0 aliphatic carbocycles. The van der Waals surface area contributed by atoms with Crippen molar-refractivity contribution in [3.8, 4) is 0 Å². The number of nitrogens with zero attached hydrogens (tertiary/aromatic N) is 2. The monoisotopic (exact) mass is 202 g/mol. The van der Waals surface area contributed by atoms with Crippen molar-refractivity contribution in [1.82, 2.24) is 9.80 Å². The Balaban J connectivity index is 2.51. The van der Waals surface area contributed by atoms with Gasteiger partial charge in [-0.2, -0.15) is 4.89 Å². The Labute approximate surface area is 82.2 Å². The molecule has 0 aromatic carbocycles. The van der Waals surface area contributed by atoms with Crippen LogP contribution in [0.1, 0.15) is 0 Å². The second kappa shape index (κ2) is 4.83. The summed E-state index contributed by atoms with van der Waals surface area (Å²) in [4.78, 5) is 23.1. The summed E-state index contributed by atoms with van der Waals surface area (Å²) in [6, 6.07) is 0. The van der Waals surface area contributed by atoms with E-state index in [9.17, 15) is 4.79 Å². The van der Waals surface area contributed by atoms with E-state index in [1.165, 1.54) is 0 Å². The number of carboxylic acid groups (broad SMARTS) is 1. The predicted octanol–water partition coefficient (Wildman–Crippen LogP) is 0.331. The van der Waals surface area contributed by atoms with Crippen molar-refractivity contribution >= 4 is 6.09 Å². The van der Waals surface area contributed by atoms with E-state index in [0.29, 0.717) is 19.7 Å². The summed E-state index contributed by atoms with van der Waals surface area (Å²) in [6.45, 7) is 1.28. The highest BCUT2D eigenvalue weighted by Gasteiger charge is 2.22. The zero-order chi connectivity index (χ0) is 10.6. The smallest absolute Gasteiger partial charge is 0.414 e. The maximum atomic E-state index is 10.8. The molecule has 0 radical (unpaired) electrons. The molecule has 0 bridgehead atoms. The fourth-order valence-electron chi connectivity index (χ4n) is 0.989. The molecule has 80 valence electrons. The molecular weight excluding hydrogens is 188 g/mol. The minimum atomic E-state index is -1.04. The largest absolute Gasteiger partial charge is 0.465 e. The summed E-state index contributed by atoms with van der Waals surface area (Å²) in [7, 11) is 3.75. The SMILES string of the molecule is CN(C)CCN(C(=O)O)C1=CCOO1. The van der Waals surface area contributed by atoms with E-state index in [-0.39, 0.29) is 5.88 Å². The number of rotatable bonds is 4. The van der Waals surface area contributed by atoms with E-state index in [1.54, 1.807) is 6.08 Å². The molecule has 1 aliphatic rings. The quantitative estimate of drug-likeness (QED) is 0.666. The number of likely N-dealkylation sites (N-methyl/N-ethyl adjacent to an activating group) is 1. The molecule has 0 atom stereocenters. The highest BCUT2D eigenvalue weighted by atomic mass is 17.2. The summed E-state index contributed by atoms with van der Waals surface area (Å²) in [5.74, 6) is 0.249. The van der Waals surface area contributed by atoms with Crippen LogP contribution >= 0.6 is 0 Å². The van der Waals surface area contributed by atoms with Gasteiger partial charge in [-0.05, 0) is 14.1 Å². The maximum Gasteiger partial charge on any atom is 0.414 e. The number of hydrogen-bond acceptors (Lipinski definition) is 4. The van der Waals surface area contributed by atoms with E-state index < -0.39 is 6.09 Å². The molecular formula is C8H14N2O4. The molecule has 6 nitrogen and oxygen atoms in total. The van der Waals surface area contributed by atoms with Gasteiger partial charge in [0.05, 0.1) is 0 Å². The van der Waals surface area contributed by atoms with Crippen molar-refractivity contribution in [2.24, 2.45) is 0 Å². The van der Waals surface area contributed by atoms with Gasteiger partial charge >= 0.3 is 6.09 Å². The Morgan fingerprint density at radius 3 is 2.71 bits per heavy atom. The summed E-state index contributed by atoms with van der Waals surface area (Å²) >= 11 is 0. The molecule has 0 aromatic heterocycles. The molecule has 1 aliphatic heterocycles. The van der Waals surface area contributed by atoms with Gasteiger partial charge in [0.1, 0.15) is 6.61 Å². The molecule has 14 heavy (non-hydrogen) atoms. The summed E-state index contributed by atoms with van der Waals surface area (Å²) < 4.78 is 0. The second-order valence-electron chi connectivity index (χ2n) is 3.15. The molecule has 0 fully saturated rings. The van der Waals surface area contributed by atoms with Crippen LogP contribution in [-0.4, -0.2) is 54.8 Å². The molecule has 0 spiro atoms. The molecule has 1 N–H and O–H groups in total. The van der Waals surface area contributed by atoms with Crippen LogP contribution in [-0.2, 0) is 9.78 Å². The van der Waals surface area contributed by atoms with Crippen LogP contribution in [0.3, 0.4) is 0 Å². The molecule has 0 aromatic rings. The zero-order valence-electron chi connectivity index (χ0n) is 8.27. The van der Waals surface area contributed by atoms with Crippen LogP contribution in [0.4, 0.5) is 4.79 Å². The summed E-state index contributed by atoms with van der Waals surface area (Å²) in [5, 5.41) is 8.88. The number of amides is 1. The van der Waals surface area contributed by atoms with Crippen molar-refractivity contribution in [3.05, 3.63) is 12.0 Å². The molecule has 0 unspecified atom stereocenters. The lowest BCUT2D eigenvalue weighted by Gasteiger charge is -2.19. The third-order valence-corrected chi connectivity index (χ3v) is 1.74. The van der Waals surface area contributed by atoms with Gasteiger partial charge in [-0.3, -0.25) is 0 Å². The van der Waals surface area contributed by atoms with Crippen molar-refractivity contribution in [2.75, 3.05) is 33.8 Å². The van der Waals surface area contributed by atoms with Gasteiger partial charge in [-0.25, -0.2) is 9.69 Å². The van der Waals surface area contributed by atoms with Crippen LogP contribution in [0.15, 0.2) is 12.0 Å². The van der Waals surface area contributed by atoms with Crippen molar-refractivity contribution in [3.63, 3.8) is 0 Å². The topological polar surface area (TPSA) is 62.2 Å². The van der Waals surface area contributed by atoms with Gasteiger partial charge < -0.3 is 14.9 Å². The Morgan fingerprint density at radius 1 is 1.57 bits per heavy atom. The lowest BCUT2D eigenvalue weighted by atomic mass is 10.5. The molecule has 0 saturated heterocycles. The van der Waals surface area contributed by atoms with Gasteiger partial charge in [0, 0.05) is 19.2 Å². The average Bonchev–Trinajstić information content (AvgIpc) is 2.56. The van der Waals surface area contributed by atoms with Crippen LogP contribution in [0.2, 0.25) is 0 Å². The fraction of sp³-hybridized carbons (Fsp3) is 0.625. The summed E-state index contributed by atoms with van der Waals surface area (Å²) in [5.41, 5.74) is 0. The van der Waals surface area contributed by atoms with E-state index in [4.69, 9.17) is 9.99 Å².